The maximum atomic E-state index is 6.25. The van der Waals surface area contributed by atoms with Gasteiger partial charge >= 0.3 is 0 Å². The molecule has 4 N–H and O–H groups in total. The summed E-state index contributed by atoms with van der Waals surface area (Å²) in [5, 5.41) is 9.21. The molecule has 63 heavy (non-hydrogen) atoms. The van der Waals surface area contributed by atoms with Crippen LogP contribution in [0.15, 0.2) is 194 Å². The third-order valence-electron chi connectivity index (χ3n) is 13.1. The van der Waals surface area contributed by atoms with Crippen molar-refractivity contribution in [3.63, 3.8) is 0 Å². The zero-order chi connectivity index (χ0) is 43.9. The third-order valence-corrected chi connectivity index (χ3v) is 13.1. The van der Waals surface area contributed by atoms with Crippen LogP contribution in [0.5, 0.6) is 0 Å². The van der Waals surface area contributed by atoms with E-state index in [2.05, 4.69) is 191 Å². The minimum absolute atomic E-state index is 0.0384. The summed E-state index contributed by atoms with van der Waals surface area (Å²) >= 11 is 0. The molecular weight excluding hydrogens is 763 g/mol. The Morgan fingerprint density at radius 2 is 0.952 bits per heavy atom. The van der Waals surface area contributed by atoms with Gasteiger partial charge in [-0.3, -0.25) is 0 Å². The first-order valence-electron chi connectivity index (χ1n) is 22.4. The van der Waals surface area contributed by atoms with Crippen molar-refractivity contribution in [1.29, 1.82) is 0 Å². The molecule has 0 fully saturated rings. The summed E-state index contributed by atoms with van der Waals surface area (Å²) in [6.07, 6.45) is 2.05. The van der Waals surface area contributed by atoms with Crippen LogP contribution < -0.4 is 16.4 Å². The molecule has 1 heterocycles. The van der Waals surface area contributed by atoms with Crippen LogP contribution in [0.4, 0.5) is 5.69 Å². The molecule has 0 atom stereocenters. The number of fused-ring (bicyclic) bond motifs is 7. The molecule has 0 aromatic heterocycles. The average molecular weight is 820 g/mol. The van der Waals surface area contributed by atoms with Crippen molar-refractivity contribution in [2.24, 2.45) is 5.73 Å². The summed E-state index contributed by atoms with van der Waals surface area (Å²) in [4.78, 5) is 0. The van der Waals surface area contributed by atoms with E-state index in [1.165, 1.54) is 94.2 Å². The highest BCUT2D eigenvalue weighted by atomic mass is 15.1. The largest absolute Gasteiger partial charge is 0.396 e. The van der Waals surface area contributed by atoms with Crippen molar-refractivity contribution >= 4 is 22.0 Å². The first-order chi connectivity index (χ1) is 30.5. The maximum absolute atomic E-state index is 6.25. The maximum Gasteiger partial charge on any atom is 0.127 e. The van der Waals surface area contributed by atoms with Gasteiger partial charge in [-0.1, -0.05) is 181 Å². The highest BCUT2D eigenvalue weighted by Crippen LogP contribution is 2.51. The first-order valence-corrected chi connectivity index (χ1v) is 22.4. The van der Waals surface area contributed by atoms with Gasteiger partial charge in [0.2, 0.25) is 0 Å². The molecule has 312 valence electrons. The number of aryl methyl sites for hydroxylation is 1. The van der Waals surface area contributed by atoms with Gasteiger partial charge in [0.25, 0.3) is 0 Å². The highest BCUT2D eigenvalue weighted by Gasteiger charge is 2.36. The van der Waals surface area contributed by atoms with Gasteiger partial charge < -0.3 is 16.4 Å². The molecule has 0 amide bonds. The number of anilines is 1. The Labute approximate surface area is 374 Å². The second-order valence-corrected chi connectivity index (χ2v) is 17.9. The van der Waals surface area contributed by atoms with Gasteiger partial charge in [-0.2, -0.15) is 0 Å². The van der Waals surface area contributed by atoms with Gasteiger partial charge in [0.15, 0.2) is 0 Å². The van der Waals surface area contributed by atoms with Gasteiger partial charge in [0.1, 0.15) is 5.82 Å². The Hall–Kier alpha value is -7.10. The number of nitrogens with two attached hydrogens (primary N) is 1. The van der Waals surface area contributed by atoms with E-state index in [1.807, 2.05) is 50.3 Å². The van der Waals surface area contributed by atoms with E-state index in [-0.39, 0.29) is 10.8 Å². The zero-order valence-corrected chi connectivity index (χ0v) is 37.6. The molecule has 3 aliphatic rings. The SMILES string of the molecule is CC.Cc1cc(-c2ccc3c(c2)-c2ccccc2C3(C)C)cc(-c2ccc3c(c2)-c2ccccc2C3(C)C)c1.NC1=C(Nc2ccccc2)NCC(c2ccc3ccccc3c2)=C1. The van der Waals surface area contributed by atoms with E-state index in [0.29, 0.717) is 5.70 Å². The predicted molar refractivity (Wildman–Crippen MR) is 270 cm³/mol. The standard InChI is InChI=1S/C37H32.C21H19N3.C2H6/c1-23-18-26(24-14-16-34-30(21-24)28-10-6-8-12-32(28)36(34,2)3)20-27(19-23)25-15-17-35-31(22-25)29-11-7-9-13-33(29)37(35,4)5;22-20-13-18(14-23-21(20)24-19-8-2-1-3-9-19)17-11-10-15-6-4-5-7-16(15)12-17;1-2/h6-22H,1-5H3;1-13,23-24H,14,22H2;1-2H3. The zero-order valence-electron chi connectivity index (χ0n) is 37.6. The summed E-state index contributed by atoms with van der Waals surface area (Å²) in [6, 6.07) is 63.9. The van der Waals surface area contributed by atoms with E-state index >= 15 is 0 Å². The predicted octanol–water partition coefficient (Wildman–Crippen LogP) is 15.0. The van der Waals surface area contributed by atoms with Crippen LogP contribution in [-0.4, -0.2) is 6.54 Å². The number of benzene rings is 8. The fourth-order valence-electron chi connectivity index (χ4n) is 9.87. The first kappa shape index (κ1) is 41.3. The Morgan fingerprint density at radius 1 is 0.460 bits per heavy atom. The fraction of sp³-hybridized carbons (Fsp3) is 0.167. The van der Waals surface area contributed by atoms with E-state index < -0.39 is 0 Å². The second kappa shape index (κ2) is 16.6. The summed E-state index contributed by atoms with van der Waals surface area (Å²) in [5.74, 6) is 0.853. The molecule has 3 heteroatoms. The minimum atomic E-state index is 0.0384. The minimum Gasteiger partial charge on any atom is -0.396 e. The lowest BCUT2D eigenvalue weighted by atomic mass is 9.82. The molecule has 0 saturated heterocycles. The van der Waals surface area contributed by atoms with Crippen LogP contribution >= 0.6 is 0 Å². The molecular formula is C60H57N3. The number of allylic oxidation sites excluding steroid dienone is 1. The third kappa shape index (κ3) is 7.63. The number of para-hydroxylation sites is 1. The van der Waals surface area contributed by atoms with Gasteiger partial charge in [0.05, 0.1) is 5.70 Å². The summed E-state index contributed by atoms with van der Waals surface area (Å²) in [6.45, 7) is 16.3. The Morgan fingerprint density at radius 3 is 1.52 bits per heavy atom. The van der Waals surface area contributed by atoms with Gasteiger partial charge in [0, 0.05) is 23.1 Å². The summed E-state index contributed by atoms with van der Waals surface area (Å²) < 4.78 is 0. The van der Waals surface area contributed by atoms with E-state index in [4.69, 9.17) is 5.73 Å². The molecule has 8 aromatic rings. The molecule has 0 radical (unpaired) electrons. The highest BCUT2D eigenvalue weighted by molar-refractivity contribution is 5.89. The monoisotopic (exact) mass is 819 g/mol. The Bertz CT molecular complexity index is 2950. The van der Waals surface area contributed by atoms with Gasteiger partial charge in [-0.15, -0.1) is 0 Å². The lowest BCUT2D eigenvalue weighted by Gasteiger charge is -2.22. The lowest BCUT2D eigenvalue weighted by molar-refractivity contribution is 0.660. The van der Waals surface area contributed by atoms with Crippen LogP contribution in [-0.2, 0) is 10.8 Å². The van der Waals surface area contributed by atoms with Crippen LogP contribution in [0.2, 0.25) is 0 Å². The number of nitrogens with one attached hydrogen (secondary N) is 2. The summed E-state index contributed by atoms with van der Waals surface area (Å²) in [7, 11) is 0. The smallest absolute Gasteiger partial charge is 0.127 e. The van der Waals surface area contributed by atoms with Crippen LogP contribution in [0.3, 0.4) is 0 Å². The molecule has 3 nitrogen and oxygen atoms in total. The molecule has 11 rings (SSSR count). The van der Waals surface area contributed by atoms with Crippen molar-refractivity contribution in [2.45, 2.75) is 59.3 Å². The van der Waals surface area contributed by atoms with Crippen LogP contribution in [0.1, 0.15) is 74.9 Å². The van der Waals surface area contributed by atoms with Crippen LogP contribution in [0.25, 0.3) is 60.9 Å². The summed E-state index contributed by atoms with van der Waals surface area (Å²) in [5.41, 5.74) is 28.0. The molecule has 0 saturated carbocycles. The number of hydrogen-bond donors (Lipinski definition) is 3. The Kier molecular flexibility index (Phi) is 10.9. The van der Waals surface area contributed by atoms with Crippen molar-refractivity contribution < 1.29 is 0 Å². The normalized spacial score (nSPS) is 14.7. The van der Waals surface area contributed by atoms with E-state index in [0.717, 1.165) is 18.1 Å². The second-order valence-electron chi connectivity index (χ2n) is 17.9. The van der Waals surface area contributed by atoms with Crippen molar-refractivity contribution in [3.05, 3.63) is 227 Å². The van der Waals surface area contributed by atoms with Crippen molar-refractivity contribution in [1.82, 2.24) is 5.32 Å². The lowest BCUT2D eigenvalue weighted by Crippen LogP contribution is -2.29. The van der Waals surface area contributed by atoms with Crippen molar-refractivity contribution in [2.75, 3.05) is 11.9 Å². The number of dihydropyridines is 1. The molecule has 0 unspecified atom stereocenters. The molecule has 0 spiro atoms. The van der Waals surface area contributed by atoms with E-state index in [1.54, 1.807) is 0 Å². The van der Waals surface area contributed by atoms with Crippen molar-refractivity contribution in [3.8, 4) is 44.5 Å². The topological polar surface area (TPSA) is 50.1 Å². The molecule has 2 aliphatic carbocycles. The molecule has 8 aromatic carbocycles. The van der Waals surface area contributed by atoms with Crippen LogP contribution in [0, 0.1) is 6.92 Å². The number of hydrogen-bond acceptors (Lipinski definition) is 3. The molecule has 1 aliphatic heterocycles. The Balaban J connectivity index is 0.000000168. The quantitative estimate of drug-likeness (QED) is 0.162. The van der Waals surface area contributed by atoms with Gasteiger partial charge in [-0.05, 0) is 144 Å². The fourth-order valence-corrected chi connectivity index (χ4v) is 9.87. The van der Waals surface area contributed by atoms with E-state index in [9.17, 15) is 0 Å². The number of rotatable bonds is 5. The van der Waals surface area contributed by atoms with Gasteiger partial charge in [-0.25, -0.2) is 0 Å². The molecule has 0 bridgehead atoms. The average Bonchev–Trinajstić information content (AvgIpc) is 3.69.